The fourth-order valence-corrected chi connectivity index (χ4v) is 9.21. The quantitative estimate of drug-likeness (QED) is 0.120. The average Bonchev–Trinajstić information content (AvgIpc) is 3.19. The fraction of sp³-hybridized carbons (Fsp3) is 0.244. The lowest BCUT2D eigenvalue weighted by molar-refractivity contribution is -0.275. The first-order valence-electron chi connectivity index (χ1n) is 18.7. The van der Waals surface area contributed by atoms with Gasteiger partial charge in [0.25, 0.3) is 10.0 Å². The van der Waals surface area contributed by atoms with Crippen molar-refractivity contribution < 1.29 is 62.3 Å². The molecule has 0 aliphatic carbocycles. The zero-order chi connectivity index (χ0) is 45.5. The van der Waals surface area contributed by atoms with Crippen molar-refractivity contribution in [3.8, 4) is 34.0 Å². The summed E-state index contributed by atoms with van der Waals surface area (Å²) in [5.74, 6) is -1.80. The molecule has 1 fully saturated rings. The number of rotatable bonds is 11. The summed E-state index contributed by atoms with van der Waals surface area (Å²) in [5, 5.41) is -0.0870. The van der Waals surface area contributed by atoms with Crippen molar-refractivity contribution in [1.29, 1.82) is 0 Å². The smallest absolute Gasteiger partial charge is 0.406 e. The van der Waals surface area contributed by atoms with E-state index in [4.69, 9.17) is 4.84 Å². The number of fused-ring (bicyclic) bond motifs is 2. The van der Waals surface area contributed by atoms with Gasteiger partial charge in [-0.25, -0.2) is 23.2 Å². The molecule has 14 nitrogen and oxygen atoms in total. The number of nitrogens with zero attached hydrogens (tertiary/aromatic N) is 4. The monoisotopic (exact) mass is 918 g/mol. The number of hydrogen-bond donors (Lipinski definition) is 2. The van der Waals surface area contributed by atoms with Gasteiger partial charge >= 0.3 is 28.9 Å². The molecule has 1 unspecified atom stereocenters. The molecule has 0 amide bonds. The number of pyridine rings is 2. The molecule has 332 valence electrons. The summed E-state index contributed by atoms with van der Waals surface area (Å²) >= 11 is 0. The number of hydrogen-bond acceptors (Lipinski definition) is 11. The second kappa shape index (κ2) is 16.8. The average molecular weight is 919 g/mol. The summed E-state index contributed by atoms with van der Waals surface area (Å²) in [4.78, 5) is 27.8. The maximum atomic E-state index is 14.4. The van der Waals surface area contributed by atoms with Crippen molar-refractivity contribution in [3.63, 3.8) is 0 Å². The van der Waals surface area contributed by atoms with Gasteiger partial charge in [-0.3, -0.25) is 9.44 Å². The summed E-state index contributed by atoms with van der Waals surface area (Å²) in [6.07, 6.45) is -9.89. The predicted octanol–water partition coefficient (Wildman–Crippen LogP) is 8.46. The highest BCUT2D eigenvalue weighted by molar-refractivity contribution is 7.93. The molecule has 3 heterocycles. The van der Waals surface area contributed by atoms with Crippen LogP contribution in [0.25, 0.3) is 44.3 Å². The van der Waals surface area contributed by atoms with Gasteiger partial charge < -0.3 is 14.3 Å². The number of sulfonamides is 1. The standard InChI is InChI=1S/C41H36F6N6O8S2/c1-39(2,3)38(54)61-53-21-20-52(63(57,58)51-34-15-7-9-26-17-19-32(49-37(26)34)28-11-5-13-30(23-28)60-41(45,46)47)24-35(53)62(55,56)50-33-14-6-8-25-16-18-31(48-36(25)33)27-10-4-12-29(22-27)59-40(42,43)44/h4-19,22-23,35,50-51H,20-21,24H2,1-3H3. The van der Waals surface area contributed by atoms with Gasteiger partial charge in [0.05, 0.1) is 52.3 Å². The van der Waals surface area contributed by atoms with Crippen LogP contribution in [0.15, 0.2) is 109 Å². The third-order valence-corrected chi connectivity index (χ3v) is 12.5. The first-order valence-corrected chi connectivity index (χ1v) is 21.7. The maximum absolute atomic E-state index is 14.4. The Bertz CT molecular complexity index is 2930. The maximum Gasteiger partial charge on any atom is 0.573 e. The number of piperazine rings is 1. The van der Waals surface area contributed by atoms with Crippen LogP contribution >= 0.6 is 0 Å². The predicted molar refractivity (Wildman–Crippen MR) is 220 cm³/mol. The highest BCUT2D eigenvalue weighted by Gasteiger charge is 2.44. The topological polar surface area (TPSA) is 169 Å². The molecule has 2 aromatic heterocycles. The van der Waals surface area contributed by atoms with Gasteiger partial charge in [-0.1, -0.05) is 60.7 Å². The lowest BCUT2D eigenvalue weighted by atomic mass is 9.98. The van der Waals surface area contributed by atoms with Gasteiger partial charge in [0.2, 0.25) is 0 Å². The van der Waals surface area contributed by atoms with E-state index in [-0.39, 0.29) is 51.5 Å². The number of alkyl halides is 6. The van der Waals surface area contributed by atoms with Crippen LogP contribution in [-0.4, -0.2) is 79.9 Å². The van der Waals surface area contributed by atoms with Crippen LogP contribution < -0.4 is 18.9 Å². The number of ether oxygens (including phenoxy) is 2. The summed E-state index contributed by atoms with van der Waals surface area (Å²) in [7, 11) is -9.36. The molecule has 4 aromatic carbocycles. The number of carbonyl (C=O) groups excluding carboxylic acids is 1. The highest BCUT2D eigenvalue weighted by Crippen LogP contribution is 2.34. The summed E-state index contributed by atoms with van der Waals surface area (Å²) in [6, 6.07) is 25.4. The second-order valence-corrected chi connectivity index (χ2v) is 18.6. The molecule has 2 N–H and O–H groups in total. The van der Waals surface area contributed by atoms with E-state index >= 15 is 0 Å². The Morgan fingerprint density at radius 2 is 1.13 bits per heavy atom. The Hall–Kier alpha value is -6.23. The molecule has 0 radical (unpaired) electrons. The van der Waals surface area contributed by atoms with E-state index < -0.39 is 74.3 Å². The molecule has 0 bridgehead atoms. The van der Waals surface area contributed by atoms with Gasteiger partial charge in [-0.2, -0.15) is 12.7 Å². The van der Waals surface area contributed by atoms with E-state index in [1.54, 1.807) is 45.0 Å². The number of carbonyl (C=O) groups is 1. The Kier molecular flexibility index (Phi) is 12.0. The van der Waals surface area contributed by atoms with Crippen LogP contribution in [0.1, 0.15) is 20.8 Å². The number of para-hydroxylation sites is 2. The fourth-order valence-electron chi connectivity index (χ4n) is 6.44. The molecule has 1 atom stereocenters. The number of halogens is 6. The molecule has 1 aliphatic rings. The minimum Gasteiger partial charge on any atom is -0.406 e. The van der Waals surface area contributed by atoms with Gasteiger partial charge in [0.15, 0.2) is 5.37 Å². The van der Waals surface area contributed by atoms with Gasteiger partial charge in [0, 0.05) is 28.4 Å². The van der Waals surface area contributed by atoms with E-state index in [1.165, 1.54) is 60.7 Å². The Balaban J connectivity index is 1.19. The Morgan fingerprint density at radius 3 is 1.60 bits per heavy atom. The lowest BCUT2D eigenvalue weighted by Gasteiger charge is -2.39. The van der Waals surface area contributed by atoms with Crippen LogP contribution in [0.4, 0.5) is 37.7 Å². The number of benzene rings is 4. The Morgan fingerprint density at radius 1 is 0.651 bits per heavy atom. The summed E-state index contributed by atoms with van der Waals surface area (Å²) in [6.45, 7) is 3.10. The van der Waals surface area contributed by atoms with Crippen molar-refractivity contribution in [2.45, 2.75) is 38.9 Å². The van der Waals surface area contributed by atoms with E-state index in [0.717, 1.165) is 33.6 Å². The van der Waals surface area contributed by atoms with Crippen molar-refractivity contribution in [2.75, 3.05) is 29.1 Å². The first kappa shape index (κ1) is 44.8. The summed E-state index contributed by atoms with van der Waals surface area (Å²) < 4.78 is 149. The SMILES string of the molecule is CC(C)(C)C(=O)ON1CCN(S(=O)(=O)Nc2cccc3ccc(-c4cccc(OC(F)(F)F)c4)nc23)CC1S(=O)(=O)Nc1cccc2ccc(-c3cccc(OC(F)(F)F)c3)nc12. The van der Waals surface area contributed by atoms with Crippen LogP contribution in [0.3, 0.4) is 0 Å². The van der Waals surface area contributed by atoms with Crippen LogP contribution in [-0.2, 0) is 29.9 Å². The molecule has 1 aliphatic heterocycles. The summed E-state index contributed by atoms with van der Waals surface area (Å²) in [5.41, 5.74) is -0.197. The molecule has 0 saturated carbocycles. The normalized spacial score (nSPS) is 15.9. The largest absolute Gasteiger partial charge is 0.573 e. The Labute approximate surface area is 356 Å². The van der Waals surface area contributed by atoms with Crippen molar-refractivity contribution >= 4 is 59.4 Å². The lowest BCUT2D eigenvalue weighted by Crippen LogP contribution is -2.60. The molecule has 63 heavy (non-hydrogen) atoms. The van der Waals surface area contributed by atoms with Crippen LogP contribution in [0.2, 0.25) is 0 Å². The zero-order valence-electron chi connectivity index (χ0n) is 33.2. The minimum absolute atomic E-state index is 0.0377. The van der Waals surface area contributed by atoms with E-state index in [2.05, 4.69) is 28.9 Å². The molecular weight excluding hydrogens is 883 g/mol. The van der Waals surface area contributed by atoms with E-state index in [0.29, 0.717) is 10.8 Å². The molecule has 1 saturated heterocycles. The van der Waals surface area contributed by atoms with Crippen molar-refractivity contribution in [1.82, 2.24) is 19.3 Å². The molecule has 0 spiro atoms. The number of hydroxylamine groups is 2. The second-order valence-electron chi connectivity index (χ2n) is 15.1. The van der Waals surface area contributed by atoms with E-state index in [1.807, 2.05) is 0 Å². The molecular formula is C41H36F6N6O8S2. The minimum atomic E-state index is -4.95. The van der Waals surface area contributed by atoms with E-state index in [9.17, 15) is 48.0 Å². The van der Waals surface area contributed by atoms with Crippen LogP contribution in [0, 0.1) is 5.41 Å². The van der Waals surface area contributed by atoms with Gasteiger partial charge in [-0.05, 0) is 69.3 Å². The molecule has 7 rings (SSSR count). The number of aromatic nitrogens is 2. The number of anilines is 2. The molecule has 6 aromatic rings. The first-order chi connectivity index (χ1) is 29.4. The van der Waals surface area contributed by atoms with Crippen molar-refractivity contribution in [2.24, 2.45) is 5.41 Å². The highest BCUT2D eigenvalue weighted by atomic mass is 32.2. The number of nitrogens with one attached hydrogen (secondary N) is 2. The molecule has 22 heteroatoms. The van der Waals surface area contributed by atoms with Crippen LogP contribution in [0.5, 0.6) is 11.5 Å². The zero-order valence-corrected chi connectivity index (χ0v) is 34.9. The van der Waals surface area contributed by atoms with Gasteiger partial charge in [-0.15, -0.1) is 31.4 Å². The van der Waals surface area contributed by atoms with Gasteiger partial charge in [0.1, 0.15) is 11.5 Å². The third-order valence-electron chi connectivity index (χ3n) is 9.42. The third kappa shape index (κ3) is 10.7. The van der Waals surface area contributed by atoms with Crippen molar-refractivity contribution in [3.05, 3.63) is 109 Å².